The van der Waals surface area contributed by atoms with Crippen LogP contribution in [0.25, 0.3) is 71.7 Å². The van der Waals surface area contributed by atoms with Crippen molar-refractivity contribution in [2.75, 3.05) is 0 Å². The molecule has 0 atom stereocenters. The lowest BCUT2D eigenvalue weighted by Gasteiger charge is -2.16. The van der Waals surface area contributed by atoms with Gasteiger partial charge in [-0.3, -0.25) is 0 Å². The molecule has 7 aromatic rings. The minimum absolute atomic E-state index is 0.00693. The van der Waals surface area contributed by atoms with Crippen LogP contribution in [0, 0.1) is 48.1 Å². The lowest BCUT2D eigenvalue weighted by molar-refractivity contribution is -0.137. The normalized spacial score (nSPS) is 13.1. The molecule has 2 aromatic heterocycles. The van der Waals surface area contributed by atoms with Gasteiger partial charge in [0, 0.05) is 39.9 Å². The van der Waals surface area contributed by atoms with Crippen molar-refractivity contribution >= 4 is 38.6 Å². The summed E-state index contributed by atoms with van der Waals surface area (Å²) < 4.78 is 106. The van der Waals surface area contributed by atoms with Gasteiger partial charge >= 0.3 is 6.18 Å². The lowest BCUT2D eigenvalue weighted by atomic mass is 9.90. The van der Waals surface area contributed by atoms with Crippen LogP contribution in [0.2, 0.25) is 0 Å². The van der Waals surface area contributed by atoms with Crippen LogP contribution in [0.15, 0.2) is 85.2 Å². The van der Waals surface area contributed by atoms with Crippen molar-refractivity contribution in [2.24, 2.45) is 0 Å². The molecule has 0 radical (unpaired) electrons. The molecule has 8 rings (SSSR count). The number of aromatic nitrogens is 4. The van der Waals surface area contributed by atoms with Gasteiger partial charge in [0.25, 0.3) is 5.69 Å². The zero-order valence-corrected chi connectivity index (χ0v) is 26.9. The van der Waals surface area contributed by atoms with Crippen molar-refractivity contribution in [3.63, 3.8) is 0 Å². The fraction of sp³-hybridized carbons (Fsp3) is 0.0500. The number of halogens is 7. The Kier molecular flexibility index (Phi) is 7.55. The Labute approximate surface area is 295 Å². The molecular weight excluding hydrogens is 697 g/mol. The van der Waals surface area contributed by atoms with E-state index in [0.717, 1.165) is 17.5 Å². The molecule has 6 nitrogen and oxygen atoms in total. The number of rotatable bonds is 3. The zero-order chi connectivity index (χ0) is 37.3. The molecule has 0 fully saturated rings. The lowest BCUT2D eigenvalue weighted by Crippen LogP contribution is -2.09. The van der Waals surface area contributed by atoms with Gasteiger partial charge in [0.05, 0.1) is 34.3 Å². The number of allylic oxidation sites excluding steroid dienone is 1. The van der Waals surface area contributed by atoms with E-state index in [1.165, 1.54) is 18.3 Å². The maximum absolute atomic E-state index is 15.7. The predicted molar refractivity (Wildman–Crippen MR) is 183 cm³/mol. The summed E-state index contributed by atoms with van der Waals surface area (Å²) in [6.45, 7) is 8.69. The van der Waals surface area contributed by atoms with Crippen LogP contribution in [0.5, 0.6) is 0 Å². The smallest absolute Gasteiger partial charge is 0.236 e. The number of nitriles is 1. The molecule has 1 aliphatic rings. The Morgan fingerprint density at radius 1 is 0.679 bits per heavy atom. The first-order valence-electron chi connectivity index (χ1n) is 15.6. The van der Waals surface area contributed by atoms with Gasteiger partial charge in [-0.2, -0.15) is 18.4 Å². The van der Waals surface area contributed by atoms with Gasteiger partial charge in [0.1, 0.15) is 6.07 Å². The number of para-hydroxylation sites is 2. The van der Waals surface area contributed by atoms with Gasteiger partial charge in [-0.1, -0.05) is 42.5 Å². The fourth-order valence-corrected chi connectivity index (χ4v) is 6.62. The molecule has 0 bridgehead atoms. The summed E-state index contributed by atoms with van der Waals surface area (Å²) in [4.78, 5) is 20.2. The molecular formula is C40H17F7N6. The number of benzene rings is 5. The zero-order valence-electron chi connectivity index (χ0n) is 26.9. The minimum Gasteiger partial charge on any atom is -0.236 e. The third-order valence-electron chi connectivity index (χ3n) is 9.08. The summed E-state index contributed by atoms with van der Waals surface area (Å²) in [6.07, 6.45) is -2.05. The van der Waals surface area contributed by atoms with Crippen LogP contribution in [-0.2, 0) is 6.18 Å². The van der Waals surface area contributed by atoms with Gasteiger partial charge in [-0.05, 0) is 65.1 Å². The van der Waals surface area contributed by atoms with Gasteiger partial charge in [-0.25, -0.2) is 42.3 Å². The van der Waals surface area contributed by atoms with Crippen molar-refractivity contribution in [1.82, 2.24) is 19.9 Å². The van der Waals surface area contributed by atoms with Crippen molar-refractivity contribution in [3.8, 4) is 40.0 Å². The summed E-state index contributed by atoms with van der Waals surface area (Å²) in [7, 11) is 0. The molecule has 0 saturated heterocycles. The molecule has 0 saturated carbocycles. The van der Waals surface area contributed by atoms with E-state index in [4.69, 9.17) is 6.57 Å². The molecule has 1 aliphatic carbocycles. The second-order valence-corrected chi connectivity index (χ2v) is 12.1. The van der Waals surface area contributed by atoms with Crippen molar-refractivity contribution in [2.45, 2.75) is 13.1 Å². The number of hydrogen-bond donors (Lipinski definition) is 0. The van der Waals surface area contributed by atoms with Gasteiger partial charge in [-0.15, -0.1) is 0 Å². The second kappa shape index (κ2) is 12.1. The summed E-state index contributed by atoms with van der Waals surface area (Å²) in [6, 6.07) is 20.2. The van der Waals surface area contributed by atoms with Crippen LogP contribution < -0.4 is 0 Å². The Morgan fingerprint density at radius 2 is 1.19 bits per heavy atom. The van der Waals surface area contributed by atoms with Crippen LogP contribution in [0.4, 0.5) is 36.4 Å². The summed E-state index contributed by atoms with van der Waals surface area (Å²) in [5.74, 6) is -8.27. The molecule has 256 valence electrons. The number of nitrogens with zero attached hydrogens (tertiary/aromatic N) is 6. The average Bonchev–Trinajstić information content (AvgIpc) is 3.46. The van der Waals surface area contributed by atoms with E-state index in [2.05, 4.69) is 24.8 Å². The minimum atomic E-state index is -4.96. The quantitative estimate of drug-likeness (QED) is 0.0788. The van der Waals surface area contributed by atoms with E-state index in [-0.39, 0.29) is 39.5 Å². The van der Waals surface area contributed by atoms with E-state index in [1.54, 1.807) is 67.7 Å². The molecule has 13 heteroatoms. The van der Waals surface area contributed by atoms with Crippen molar-refractivity contribution in [3.05, 3.63) is 148 Å². The molecule has 0 N–H and O–H groups in total. The number of aryl methyl sites for hydroxylation is 1. The van der Waals surface area contributed by atoms with Crippen LogP contribution in [-0.4, -0.2) is 19.9 Å². The average molecular weight is 715 g/mol. The highest BCUT2D eigenvalue weighted by Crippen LogP contribution is 2.53. The summed E-state index contributed by atoms with van der Waals surface area (Å²) in [5, 5.41) is 11.8. The first kappa shape index (κ1) is 33.2. The maximum atomic E-state index is 15.7. The molecule has 5 aromatic carbocycles. The Balaban J connectivity index is 1.49. The highest BCUT2D eigenvalue weighted by molar-refractivity contribution is 6.14. The highest BCUT2D eigenvalue weighted by Gasteiger charge is 2.40. The van der Waals surface area contributed by atoms with E-state index >= 15 is 17.6 Å². The van der Waals surface area contributed by atoms with E-state index < -0.39 is 57.4 Å². The molecule has 53 heavy (non-hydrogen) atoms. The van der Waals surface area contributed by atoms with E-state index in [9.17, 15) is 18.4 Å². The van der Waals surface area contributed by atoms with Crippen LogP contribution in [0.3, 0.4) is 0 Å². The predicted octanol–water partition coefficient (Wildman–Crippen LogP) is 10.8. The SMILES string of the molecule is [C-]#[N+]c1c(F)c(F)c(/C(C#N)=C2\c3cc(-c4ncc5ccccc5n4)c(C)cc3-c3cc(C(F)(F)F)c(-c4ncc5ccccc5n4)cc32)c(F)c1F. The van der Waals surface area contributed by atoms with Crippen molar-refractivity contribution < 1.29 is 30.7 Å². The summed E-state index contributed by atoms with van der Waals surface area (Å²) >= 11 is 0. The summed E-state index contributed by atoms with van der Waals surface area (Å²) in [5.41, 5.74) is -4.27. The first-order chi connectivity index (χ1) is 25.4. The third-order valence-corrected chi connectivity index (χ3v) is 9.08. The highest BCUT2D eigenvalue weighted by atomic mass is 19.4. The Bertz CT molecular complexity index is 2840. The topological polar surface area (TPSA) is 79.7 Å². The molecule has 2 heterocycles. The fourth-order valence-electron chi connectivity index (χ4n) is 6.62. The molecule has 0 unspecified atom stereocenters. The molecule has 0 spiro atoms. The number of alkyl halides is 3. The maximum Gasteiger partial charge on any atom is 0.417 e. The number of hydrogen-bond acceptors (Lipinski definition) is 5. The van der Waals surface area contributed by atoms with E-state index in [1.807, 2.05) is 0 Å². The Hall–Kier alpha value is -6.99. The van der Waals surface area contributed by atoms with Gasteiger partial charge < -0.3 is 0 Å². The standard InChI is InChI=1S/C40H17F7N6/c1-18-11-22-23-14-28(40(45,46)47)26(39-51-17-20-8-4-6-10-30(20)53-39)13-25(23)31(27(15-48)32-33(41)35(43)37(49-2)36(44)34(32)42)24(22)12-21(18)38-50-16-19-7-3-5-9-29(19)52-38/h3-14,16-17H,1H3/b31-27+. The molecule has 0 amide bonds. The largest absolute Gasteiger partial charge is 0.417 e. The van der Waals surface area contributed by atoms with Gasteiger partial charge in [0.2, 0.25) is 0 Å². The first-order valence-corrected chi connectivity index (χ1v) is 15.6. The van der Waals surface area contributed by atoms with E-state index in [0.29, 0.717) is 27.5 Å². The second-order valence-electron chi connectivity index (χ2n) is 12.1. The molecule has 0 aliphatic heterocycles. The Morgan fingerprint density at radius 3 is 1.72 bits per heavy atom. The van der Waals surface area contributed by atoms with Crippen molar-refractivity contribution in [1.29, 1.82) is 5.26 Å². The monoisotopic (exact) mass is 714 g/mol. The third kappa shape index (κ3) is 5.16. The van der Waals surface area contributed by atoms with Crippen LogP contribution >= 0.6 is 0 Å². The van der Waals surface area contributed by atoms with Crippen LogP contribution in [0.1, 0.15) is 27.8 Å². The van der Waals surface area contributed by atoms with Gasteiger partial charge in [0.15, 0.2) is 34.9 Å². The number of fused-ring (bicyclic) bond motifs is 5.